The summed E-state index contributed by atoms with van der Waals surface area (Å²) in [6.07, 6.45) is -1.39. The van der Waals surface area contributed by atoms with Crippen LogP contribution >= 0.6 is 0 Å². The number of nitrogens with zero attached hydrogens (tertiary/aromatic N) is 4. The monoisotopic (exact) mass is 430 g/mol. The number of pyridine rings is 1. The first-order valence-corrected chi connectivity index (χ1v) is 10.2. The first-order chi connectivity index (χ1) is 14.8. The van der Waals surface area contributed by atoms with Crippen LogP contribution in [0.2, 0.25) is 0 Å². The summed E-state index contributed by atoms with van der Waals surface area (Å²) >= 11 is 0. The van der Waals surface area contributed by atoms with E-state index in [0.29, 0.717) is 42.9 Å². The van der Waals surface area contributed by atoms with E-state index in [9.17, 15) is 18.0 Å². The quantitative estimate of drug-likeness (QED) is 0.630. The van der Waals surface area contributed by atoms with Crippen molar-refractivity contribution < 1.29 is 22.7 Å². The van der Waals surface area contributed by atoms with Crippen LogP contribution in [0.15, 0.2) is 42.6 Å². The minimum atomic E-state index is -4.36. The standard InChI is InChI=1S/C22H21F3N4O2/c1-31-16-6-7-19-26-27-20(29(19)12-16)21(30)28-10-14-8-13(9-15(14)11-28)17-4-2-3-5-18(17)22(23,24)25/h2-7,12-15H,8-11H2,1H3. The number of methoxy groups -OCH3 is 1. The van der Waals surface area contributed by atoms with Crippen LogP contribution in [-0.2, 0) is 6.18 Å². The lowest BCUT2D eigenvalue weighted by Gasteiger charge is -2.21. The Balaban J connectivity index is 1.33. The normalized spacial score (nSPS) is 23.4. The van der Waals surface area contributed by atoms with E-state index in [1.165, 1.54) is 6.07 Å². The predicted molar refractivity (Wildman–Crippen MR) is 106 cm³/mol. The van der Waals surface area contributed by atoms with Crippen molar-refractivity contribution in [2.24, 2.45) is 11.8 Å². The molecule has 1 saturated heterocycles. The fourth-order valence-corrected chi connectivity index (χ4v) is 5.11. The summed E-state index contributed by atoms with van der Waals surface area (Å²) in [7, 11) is 1.54. The molecule has 2 aliphatic rings. The van der Waals surface area contributed by atoms with Gasteiger partial charge in [-0.2, -0.15) is 13.2 Å². The van der Waals surface area contributed by atoms with Crippen molar-refractivity contribution in [1.29, 1.82) is 0 Å². The molecule has 3 heterocycles. The summed E-state index contributed by atoms with van der Waals surface area (Å²) in [4.78, 5) is 14.9. The van der Waals surface area contributed by atoms with E-state index in [1.54, 1.807) is 46.9 Å². The number of hydrogen-bond donors (Lipinski definition) is 0. The number of fused-ring (bicyclic) bond motifs is 2. The number of amides is 1. The molecule has 1 saturated carbocycles. The Labute approximate surface area is 176 Å². The summed E-state index contributed by atoms with van der Waals surface area (Å²) in [5.74, 6) is 0.817. The molecule has 1 aliphatic heterocycles. The van der Waals surface area contributed by atoms with Crippen LogP contribution in [0, 0.1) is 11.8 Å². The zero-order chi connectivity index (χ0) is 21.8. The van der Waals surface area contributed by atoms with E-state index in [1.807, 2.05) is 0 Å². The minimum Gasteiger partial charge on any atom is -0.495 e. The Morgan fingerprint density at radius 1 is 1.06 bits per heavy atom. The average Bonchev–Trinajstić information content (AvgIpc) is 3.45. The number of likely N-dealkylation sites (tertiary alicyclic amines) is 1. The zero-order valence-electron chi connectivity index (χ0n) is 16.8. The molecule has 2 fully saturated rings. The number of rotatable bonds is 3. The van der Waals surface area contributed by atoms with Crippen LogP contribution in [0.1, 0.15) is 40.5 Å². The molecule has 0 radical (unpaired) electrons. The van der Waals surface area contributed by atoms with Crippen LogP contribution in [0.4, 0.5) is 13.2 Å². The van der Waals surface area contributed by atoms with Crippen molar-refractivity contribution in [3.05, 3.63) is 59.5 Å². The van der Waals surface area contributed by atoms with Crippen LogP contribution in [0.25, 0.3) is 5.65 Å². The molecule has 6 nitrogen and oxygen atoms in total. The highest BCUT2D eigenvalue weighted by atomic mass is 19.4. The maximum atomic E-state index is 13.4. The summed E-state index contributed by atoms with van der Waals surface area (Å²) in [5.41, 5.74) is 0.377. The van der Waals surface area contributed by atoms with Gasteiger partial charge in [0.25, 0.3) is 5.91 Å². The molecular formula is C22H21F3N4O2. The SMILES string of the molecule is COc1ccc2nnc(C(=O)N3CC4CC(c5ccccc5C(F)(F)F)CC4C3)n2c1. The number of alkyl halides is 3. The van der Waals surface area contributed by atoms with Crippen LogP contribution in [-0.4, -0.2) is 45.6 Å². The Kier molecular flexibility index (Phi) is 4.64. The molecule has 1 aliphatic carbocycles. The lowest BCUT2D eigenvalue weighted by molar-refractivity contribution is -0.138. The smallest absolute Gasteiger partial charge is 0.416 e. The number of ether oxygens (including phenoxy) is 1. The third-order valence-electron chi connectivity index (χ3n) is 6.55. The minimum absolute atomic E-state index is 0.136. The topological polar surface area (TPSA) is 59.7 Å². The number of carbonyl (C=O) groups excluding carboxylic acids is 1. The molecule has 5 rings (SSSR count). The lowest BCUT2D eigenvalue weighted by atomic mass is 9.91. The third kappa shape index (κ3) is 3.41. The Morgan fingerprint density at radius 3 is 2.45 bits per heavy atom. The molecule has 162 valence electrons. The van der Waals surface area contributed by atoms with E-state index >= 15 is 0 Å². The molecule has 3 aromatic rings. The largest absolute Gasteiger partial charge is 0.495 e. The van der Waals surface area contributed by atoms with E-state index in [-0.39, 0.29) is 29.5 Å². The second-order valence-electron chi connectivity index (χ2n) is 8.30. The molecule has 0 N–H and O–H groups in total. The summed E-state index contributed by atoms with van der Waals surface area (Å²) in [5, 5.41) is 8.10. The third-order valence-corrected chi connectivity index (χ3v) is 6.55. The van der Waals surface area contributed by atoms with E-state index in [4.69, 9.17) is 4.74 Å². The summed E-state index contributed by atoms with van der Waals surface area (Å²) in [6, 6.07) is 9.32. The Morgan fingerprint density at radius 2 is 1.77 bits per heavy atom. The Bertz CT molecular complexity index is 1130. The molecule has 2 atom stereocenters. The highest BCUT2D eigenvalue weighted by Gasteiger charge is 2.45. The van der Waals surface area contributed by atoms with Crippen molar-refractivity contribution in [3.8, 4) is 5.75 Å². The van der Waals surface area contributed by atoms with E-state index in [0.717, 1.165) is 6.07 Å². The summed E-state index contributed by atoms with van der Waals surface area (Å²) < 4.78 is 47.1. The van der Waals surface area contributed by atoms with Gasteiger partial charge in [-0.3, -0.25) is 9.20 Å². The van der Waals surface area contributed by atoms with Gasteiger partial charge in [-0.05, 0) is 54.4 Å². The molecule has 0 bridgehead atoms. The van der Waals surface area contributed by atoms with Gasteiger partial charge in [-0.25, -0.2) is 0 Å². The second-order valence-corrected chi connectivity index (χ2v) is 8.30. The zero-order valence-corrected chi connectivity index (χ0v) is 16.8. The highest BCUT2D eigenvalue weighted by Crippen LogP contribution is 2.49. The number of halogens is 3. The van der Waals surface area contributed by atoms with Gasteiger partial charge in [0, 0.05) is 13.1 Å². The van der Waals surface area contributed by atoms with Crippen LogP contribution < -0.4 is 4.74 Å². The molecule has 0 spiro atoms. The van der Waals surface area contributed by atoms with Crippen molar-refractivity contribution >= 4 is 11.6 Å². The van der Waals surface area contributed by atoms with Gasteiger partial charge in [0.05, 0.1) is 18.9 Å². The van der Waals surface area contributed by atoms with Gasteiger partial charge in [0.15, 0.2) is 5.65 Å². The van der Waals surface area contributed by atoms with Gasteiger partial charge in [0.2, 0.25) is 5.82 Å². The van der Waals surface area contributed by atoms with Crippen molar-refractivity contribution in [3.63, 3.8) is 0 Å². The average molecular weight is 430 g/mol. The van der Waals surface area contributed by atoms with Crippen LogP contribution in [0.5, 0.6) is 5.75 Å². The maximum Gasteiger partial charge on any atom is 0.416 e. The second kappa shape index (κ2) is 7.25. The van der Waals surface area contributed by atoms with Gasteiger partial charge in [-0.1, -0.05) is 18.2 Å². The maximum absolute atomic E-state index is 13.4. The first kappa shape index (κ1) is 19.8. The predicted octanol–water partition coefficient (Wildman–Crippen LogP) is 4.02. The van der Waals surface area contributed by atoms with Crippen molar-refractivity contribution in [2.45, 2.75) is 24.9 Å². The van der Waals surface area contributed by atoms with Gasteiger partial charge in [-0.15, -0.1) is 10.2 Å². The fourth-order valence-electron chi connectivity index (χ4n) is 5.11. The van der Waals surface area contributed by atoms with Crippen LogP contribution in [0.3, 0.4) is 0 Å². The lowest BCUT2D eigenvalue weighted by Crippen LogP contribution is -2.31. The molecule has 9 heteroatoms. The highest BCUT2D eigenvalue weighted by molar-refractivity contribution is 5.91. The molecule has 1 aromatic carbocycles. The van der Waals surface area contributed by atoms with Gasteiger partial charge >= 0.3 is 6.18 Å². The number of hydrogen-bond acceptors (Lipinski definition) is 4. The molecular weight excluding hydrogens is 409 g/mol. The molecule has 1 amide bonds. The summed E-state index contributed by atoms with van der Waals surface area (Å²) in [6.45, 7) is 1.04. The number of benzene rings is 1. The molecule has 2 unspecified atom stereocenters. The van der Waals surface area contributed by atoms with Gasteiger partial charge in [0.1, 0.15) is 5.75 Å². The van der Waals surface area contributed by atoms with E-state index < -0.39 is 11.7 Å². The Hall–Kier alpha value is -3.10. The van der Waals surface area contributed by atoms with Crippen molar-refractivity contribution in [2.75, 3.05) is 20.2 Å². The molecule has 31 heavy (non-hydrogen) atoms. The van der Waals surface area contributed by atoms with Crippen molar-refractivity contribution in [1.82, 2.24) is 19.5 Å². The van der Waals surface area contributed by atoms with E-state index in [2.05, 4.69) is 10.2 Å². The first-order valence-electron chi connectivity index (χ1n) is 10.2. The molecule has 2 aromatic heterocycles. The fraction of sp³-hybridized carbons (Fsp3) is 0.409. The number of carbonyl (C=O) groups is 1. The number of aromatic nitrogens is 3. The van der Waals surface area contributed by atoms with Gasteiger partial charge < -0.3 is 9.64 Å².